The van der Waals surface area contributed by atoms with E-state index in [0.29, 0.717) is 0 Å². The minimum Gasteiger partial charge on any atom is -0.329 e. The van der Waals surface area contributed by atoms with E-state index in [2.05, 4.69) is 39.1 Å². The van der Waals surface area contributed by atoms with Crippen molar-refractivity contribution in [3.63, 3.8) is 0 Å². The molecule has 0 bridgehead atoms. The molecule has 2 heterocycles. The van der Waals surface area contributed by atoms with Gasteiger partial charge in [0.25, 0.3) is 0 Å². The van der Waals surface area contributed by atoms with Crippen molar-refractivity contribution in [2.75, 3.05) is 6.54 Å². The smallest absolute Gasteiger partial charge is 0.141 e. The van der Waals surface area contributed by atoms with E-state index < -0.39 is 0 Å². The van der Waals surface area contributed by atoms with Crippen molar-refractivity contribution in [3.05, 3.63) is 23.6 Å². The number of aromatic nitrogens is 3. The monoisotopic (exact) mass is 264 g/mol. The van der Waals surface area contributed by atoms with E-state index in [-0.39, 0.29) is 0 Å². The van der Waals surface area contributed by atoms with E-state index in [1.165, 1.54) is 0 Å². The Labute approximate surface area is 112 Å². The predicted octanol–water partition coefficient (Wildman–Crippen LogP) is 2.92. The third-order valence-corrected chi connectivity index (χ3v) is 3.59. The second kappa shape index (κ2) is 6.66. The van der Waals surface area contributed by atoms with Gasteiger partial charge in [0.05, 0.1) is 23.9 Å². The average molecular weight is 264 g/mol. The van der Waals surface area contributed by atoms with Crippen LogP contribution < -0.4 is 5.32 Å². The van der Waals surface area contributed by atoms with Crippen LogP contribution >= 0.6 is 11.3 Å². The molecule has 0 aliphatic rings. The maximum Gasteiger partial charge on any atom is 0.141 e. The number of imidazole rings is 1. The number of rotatable bonds is 7. The lowest BCUT2D eigenvalue weighted by molar-refractivity contribution is 0.665. The largest absolute Gasteiger partial charge is 0.329 e. The number of hydrogen-bond acceptors (Lipinski definition) is 4. The van der Waals surface area contributed by atoms with Gasteiger partial charge in [0.2, 0.25) is 0 Å². The van der Waals surface area contributed by atoms with Crippen LogP contribution in [0.1, 0.15) is 32.4 Å². The molecule has 0 saturated carbocycles. The molecular weight excluding hydrogens is 244 g/mol. The summed E-state index contributed by atoms with van der Waals surface area (Å²) >= 11 is 1.69. The van der Waals surface area contributed by atoms with Gasteiger partial charge in [0.15, 0.2) is 0 Å². The molecule has 0 atom stereocenters. The molecule has 0 aliphatic carbocycles. The first-order chi connectivity index (χ1) is 8.85. The second-order valence-electron chi connectivity index (χ2n) is 4.29. The van der Waals surface area contributed by atoms with Gasteiger partial charge in [-0.05, 0) is 19.4 Å². The highest BCUT2D eigenvalue weighted by molar-refractivity contribution is 7.13. The average Bonchev–Trinajstić information content (AvgIpc) is 2.98. The molecular formula is C13H20N4S. The Morgan fingerprint density at radius 3 is 3.00 bits per heavy atom. The Hall–Kier alpha value is -1.20. The summed E-state index contributed by atoms with van der Waals surface area (Å²) in [6.45, 7) is 7.24. The predicted molar refractivity (Wildman–Crippen MR) is 75.6 cm³/mol. The number of hydrogen-bond donors (Lipinski definition) is 1. The summed E-state index contributed by atoms with van der Waals surface area (Å²) in [5.74, 6) is 0. The van der Waals surface area contributed by atoms with Gasteiger partial charge in [0.1, 0.15) is 5.01 Å². The summed E-state index contributed by atoms with van der Waals surface area (Å²) in [5.41, 5.74) is 2.25. The molecule has 0 spiro atoms. The SMILES string of the molecule is CCCNCc1csc(-c2cncn2CCC)n1. The molecule has 2 aromatic heterocycles. The van der Waals surface area contributed by atoms with E-state index >= 15 is 0 Å². The molecule has 5 heteroatoms. The molecule has 0 aliphatic heterocycles. The Balaban J connectivity index is 2.06. The van der Waals surface area contributed by atoms with E-state index in [1.807, 2.05) is 12.5 Å². The molecule has 18 heavy (non-hydrogen) atoms. The van der Waals surface area contributed by atoms with Gasteiger partial charge in [0, 0.05) is 18.5 Å². The van der Waals surface area contributed by atoms with Crippen LogP contribution in [-0.2, 0) is 13.1 Å². The zero-order valence-corrected chi connectivity index (χ0v) is 11.8. The topological polar surface area (TPSA) is 42.7 Å². The molecule has 0 fully saturated rings. The first-order valence-electron chi connectivity index (χ1n) is 6.50. The maximum atomic E-state index is 4.66. The molecule has 98 valence electrons. The summed E-state index contributed by atoms with van der Waals surface area (Å²) in [5, 5.41) is 6.56. The van der Waals surface area contributed by atoms with Crippen LogP contribution in [-0.4, -0.2) is 21.1 Å². The number of nitrogens with zero attached hydrogens (tertiary/aromatic N) is 3. The van der Waals surface area contributed by atoms with Crippen LogP contribution in [0, 0.1) is 0 Å². The zero-order chi connectivity index (χ0) is 12.8. The molecule has 0 radical (unpaired) electrons. The Bertz CT molecular complexity index is 475. The van der Waals surface area contributed by atoms with Crippen molar-refractivity contribution >= 4 is 11.3 Å². The summed E-state index contributed by atoms with van der Waals surface area (Å²) < 4.78 is 2.17. The minimum absolute atomic E-state index is 0.853. The van der Waals surface area contributed by atoms with Gasteiger partial charge in [-0.25, -0.2) is 9.97 Å². The van der Waals surface area contributed by atoms with Crippen LogP contribution in [0.15, 0.2) is 17.9 Å². The number of nitrogens with one attached hydrogen (secondary N) is 1. The lowest BCUT2D eigenvalue weighted by atomic mass is 10.4. The minimum atomic E-state index is 0.853. The van der Waals surface area contributed by atoms with Crippen molar-refractivity contribution in [1.29, 1.82) is 0 Å². The third-order valence-electron chi connectivity index (χ3n) is 2.68. The summed E-state index contributed by atoms with van der Waals surface area (Å²) in [6.07, 6.45) is 6.05. The van der Waals surface area contributed by atoms with Gasteiger partial charge in [-0.2, -0.15) is 0 Å². The summed E-state index contributed by atoms with van der Waals surface area (Å²) in [6, 6.07) is 0. The molecule has 0 saturated heterocycles. The summed E-state index contributed by atoms with van der Waals surface area (Å²) in [7, 11) is 0. The Morgan fingerprint density at radius 2 is 2.22 bits per heavy atom. The van der Waals surface area contributed by atoms with E-state index in [4.69, 9.17) is 0 Å². The first kappa shape index (κ1) is 13.2. The maximum absolute atomic E-state index is 4.66. The Morgan fingerprint density at radius 1 is 1.33 bits per heavy atom. The first-order valence-corrected chi connectivity index (χ1v) is 7.38. The highest BCUT2D eigenvalue weighted by atomic mass is 32.1. The molecule has 0 amide bonds. The molecule has 2 rings (SSSR count). The fourth-order valence-corrected chi connectivity index (χ4v) is 2.66. The van der Waals surface area contributed by atoms with Crippen molar-refractivity contribution in [3.8, 4) is 10.7 Å². The molecule has 0 unspecified atom stereocenters. The highest BCUT2D eigenvalue weighted by Gasteiger charge is 2.09. The van der Waals surface area contributed by atoms with Crippen molar-refractivity contribution in [2.24, 2.45) is 0 Å². The van der Waals surface area contributed by atoms with Crippen LogP contribution in [0.25, 0.3) is 10.7 Å². The van der Waals surface area contributed by atoms with E-state index in [0.717, 1.165) is 48.9 Å². The van der Waals surface area contributed by atoms with Crippen molar-refractivity contribution in [1.82, 2.24) is 19.9 Å². The van der Waals surface area contributed by atoms with E-state index in [9.17, 15) is 0 Å². The molecule has 0 aromatic carbocycles. The fourth-order valence-electron chi connectivity index (χ4n) is 1.82. The van der Waals surface area contributed by atoms with E-state index in [1.54, 1.807) is 11.3 Å². The lowest BCUT2D eigenvalue weighted by Gasteiger charge is -2.03. The standard InChI is InChI=1S/C13H20N4S/c1-3-5-14-7-11-9-18-13(16-11)12-8-15-10-17(12)6-4-2/h8-10,14H,3-7H2,1-2H3. The molecule has 2 aromatic rings. The normalized spacial score (nSPS) is 11.0. The highest BCUT2D eigenvalue weighted by Crippen LogP contribution is 2.23. The van der Waals surface area contributed by atoms with Crippen molar-refractivity contribution in [2.45, 2.75) is 39.8 Å². The lowest BCUT2D eigenvalue weighted by Crippen LogP contribution is -2.13. The second-order valence-corrected chi connectivity index (χ2v) is 5.15. The molecule has 4 nitrogen and oxygen atoms in total. The van der Waals surface area contributed by atoms with Crippen LogP contribution in [0.2, 0.25) is 0 Å². The van der Waals surface area contributed by atoms with Crippen molar-refractivity contribution < 1.29 is 0 Å². The van der Waals surface area contributed by atoms with Gasteiger partial charge >= 0.3 is 0 Å². The third kappa shape index (κ3) is 3.17. The fraction of sp³-hybridized carbons (Fsp3) is 0.538. The van der Waals surface area contributed by atoms with Gasteiger partial charge in [-0.3, -0.25) is 0 Å². The zero-order valence-electron chi connectivity index (χ0n) is 11.0. The Kier molecular flexibility index (Phi) is 4.90. The quantitative estimate of drug-likeness (QED) is 0.782. The molecule has 1 N–H and O–H groups in total. The van der Waals surface area contributed by atoms with Crippen LogP contribution in [0.4, 0.5) is 0 Å². The van der Waals surface area contributed by atoms with Gasteiger partial charge < -0.3 is 9.88 Å². The van der Waals surface area contributed by atoms with Crippen LogP contribution in [0.5, 0.6) is 0 Å². The number of aryl methyl sites for hydroxylation is 1. The van der Waals surface area contributed by atoms with Crippen LogP contribution in [0.3, 0.4) is 0 Å². The summed E-state index contributed by atoms with van der Waals surface area (Å²) in [4.78, 5) is 8.88. The van der Waals surface area contributed by atoms with Gasteiger partial charge in [-0.1, -0.05) is 13.8 Å². The van der Waals surface area contributed by atoms with Gasteiger partial charge in [-0.15, -0.1) is 11.3 Å². The number of thiazole rings is 1.